The van der Waals surface area contributed by atoms with Crippen molar-refractivity contribution in [1.82, 2.24) is 14.6 Å². The van der Waals surface area contributed by atoms with Gasteiger partial charge in [-0.05, 0) is 30.5 Å². The van der Waals surface area contributed by atoms with Crippen molar-refractivity contribution in [1.29, 1.82) is 0 Å². The van der Waals surface area contributed by atoms with Gasteiger partial charge in [0.25, 0.3) is 5.56 Å². The smallest absolute Gasteiger partial charge is 0.286 e. The molecule has 0 radical (unpaired) electrons. The molecule has 9 heteroatoms. The van der Waals surface area contributed by atoms with Gasteiger partial charge in [-0.15, -0.1) is 0 Å². The van der Waals surface area contributed by atoms with Crippen LogP contribution in [-0.2, 0) is 11.2 Å². The van der Waals surface area contributed by atoms with Gasteiger partial charge >= 0.3 is 0 Å². The highest BCUT2D eigenvalue weighted by Gasteiger charge is 2.28. The first-order valence-electron chi connectivity index (χ1n) is 10.7. The Kier molecular flexibility index (Phi) is 5.48. The number of carbonyl (C=O) groups is 1. The maximum Gasteiger partial charge on any atom is 0.286 e. The van der Waals surface area contributed by atoms with Crippen LogP contribution in [0.25, 0.3) is 0 Å². The van der Waals surface area contributed by atoms with Crippen molar-refractivity contribution >= 4 is 29.1 Å². The molecule has 2 aromatic heterocycles. The zero-order chi connectivity index (χ0) is 22.9. The van der Waals surface area contributed by atoms with Crippen molar-refractivity contribution in [3.8, 4) is 11.8 Å². The van der Waals surface area contributed by atoms with Crippen LogP contribution in [0.15, 0.2) is 53.7 Å². The van der Waals surface area contributed by atoms with Crippen molar-refractivity contribution in [2.45, 2.75) is 12.8 Å². The number of anilines is 2. The molecule has 8 nitrogen and oxygen atoms in total. The average molecular weight is 461 g/mol. The Morgan fingerprint density at radius 3 is 2.67 bits per heavy atom. The van der Waals surface area contributed by atoms with E-state index in [1.807, 2.05) is 28.1 Å². The molecule has 1 fully saturated rings. The third-order valence-electron chi connectivity index (χ3n) is 5.99. The monoisotopic (exact) mass is 460 g/mol. The summed E-state index contributed by atoms with van der Waals surface area (Å²) in [6.07, 6.45) is 6.43. The van der Waals surface area contributed by atoms with Crippen LogP contribution in [0.1, 0.15) is 23.1 Å². The lowest BCUT2D eigenvalue weighted by atomic mass is 10.1. The zero-order valence-electron chi connectivity index (χ0n) is 17.7. The molecule has 0 unspecified atom stereocenters. The summed E-state index contributed by atoms with van der Waals surface area (Å²) in [6, 6.07) is 9.70. The maximum absolute atomic E-state index is 13.2. The molecule has 0 saturated carbocycles. The highest BCUT2D eigenvalue weighted by atomic mass is 35.5. The minimum Gasteiger partial charge on any atom is -0.369 e. The van der Waals surface area contributed by atoms with E-state index in [2.05, 4.69) is 27.9 Å². The topological polar surface area (TPSA) is 97.4 Å². The first-order chi connectivity index (χ1) is 16.0. The molecule has 1 amide bonds. The molecule has 0 bridgehead atoms. The van der Waals surface area contributed by atoms with E-state index in [0.29, 0.717) is 42.6 Å². The highest BCUT2D eigenvalue weighted by Crippen LogP contribution is 2.27. The summed E-state index contributed by atoms with van der Waals surface area (Å²) >= 11 is 6.32. The molecule has 5 rings (SSSR count). The van der Waals surface area contributed by atoms with Crippen LogP contribution >= 0.6 is 11.6 Å². The van der Waals surface area contributed by atoms with E-state index < -0.39 is 0 Å². The lowest BCUT2D eigenvalue weighted by Gasteiger charge is -2.22. The maximum atomic E-state index is 13.2. The summed E-state index contributed by atoms with van der Waals surface area (Å²) in [6.45, 7) is 1.90. The van der Waals surface area contributed by atoms with Gasteiger partial charge in [0.15, 0.2) is 0 Å². The number of carbonyl (C=O) groups excluding carboxylic acids is 1. The predicted molar refractivity (Wildman–Crippen MR) is 126 cm³/mol. The number of hydrogen-bond donors (Lipinski definition) is 1. The van der Waals surface area contributed by atoms with Gasteiger partial charge in [0, 0.05) is 38.2 Å². The number of hydrogen-bond acceptors (Lipinski definition) is 6. The number of para-hydroxylation sites is 1. The van der Waals surface area contributed by atoms with Gasteiger partial charge in [0.05, 0.1) is 22.2 Å². The number of amides is 1. The van der Waals surface area contributed by atoms with Gasteiger partial charge in [-0.1, -0.05) is 41.6 Å². The molecule has 1 aromatic carbocycles. The summed E-state index contributed by atoms with van der Waals surface area (Å²) in [5.41, 5.74) is 8.09. The summed E-state index contributed by atoms with van der Waals surface area (Å²) in [4.78, 5) is 35.2. The van der Waals surface area contributed by atoms with Crippen molar-refractivity contribution in [3.63, 3.8) is 0 Å². The van der Waals surface area contributed by atoms with Crippen LogP contribution in [-0.4, -0.2) is 40.2 Å². The minimum atomic E-state index is -0.303. The van der Waals surface area contributed by atoms with Crippen LogP contribution in [0, 0.1) is 17.8 Å². The van der Waals surface area contributed by atoms with E-state index in [9.17, 15) is 9.59 Å². The second-order valence-electron chi connectivity index (χ2n) is 8.05. The summed E-state index contributed by atoms with van der Waals surface area (Å²) in [5, 5.41) is 2.23. The lowest BCUT2D eigenvalue weighted by Crippen LogP contribution is -2.38. The SMILES string of the molecule is NC(=O)[C@@H]1CCN(c2ncc(C#Cc3c(Cl)ccn(N4CCc5ccccc54)c3=O)cn2)C1. The van der Waals surface area contributed by atoms with Gasteiger partial charge in [-0.3, -0.25) is 14.6 Å². The van der Waals surface area contributed by atoms with Crippen LogP contribution < -0.4 is 21.2 Å². The van der Waals surface area contributed by atoms with Crippen LogP contribution in [0.4, 0.5) is 11.6 Å². The summed E-state index contributed by atoms with van der Waals surface area (Å²) < 4.78 is 1.56. The number of nitrogens with two attached hydrogens (primary N) is 1. The van der Waals surface area contributed by atoms with Crippen LogP contribution in [0.3, 0.4) is 0 Å². The largest absolute Gasteiger partial charge is 0.369 e. The fourth-order valence-corrected chi connectivity index (χ4v) is 4.39. The van der Waals surface area contributed by atoms with E-state index in [4.69, 9.17) is 17.3 Å². The van der Waals surface area contributed by atoms with Crippen molar-refractivity contribution < 1.29 is 4.79 Å². The Morgan fingerprint density at radius 1 is 1.12 bits per heavy atom. The van der Waals surface area contributed by atoms with Gasteiger partial charge in [0.2, 0.25) is 11.9 Å². The van der Waals surface area contributed by atoms with E-state index in [1.165, 1.54) is 5.56 Å². The molecule has 3 aromatic rings. The van der Waals surface area contributed by atoms with Gasteiger partial charge in [0.1, 0.15) is 5.56 Å². The van der Waals surface area contributed by atoms with Crippen molar-refractivity contribution in [3.05, 3.63) is 81.0 Å². The van der Waals surface area contributed by atoms with Crippen molar-refractivity contribution in [2.75, 3.05) is 29.5 Å². The first kappa shape index (κ1) is 21.0. The van der Waals surface area contributed by atoms with Crippen molar-refractivity contribution in [2.24, 2.45) is 11.7 Å². The molecule has 2 N–H and O–H groups in total. The van der Waals surface area contributed by atoms with E-state index >= 15 is 0 Å². The summed E-state index contributed by atoms with van der Waals surface area (Å²) in [5.74, 6) is 5.88. The molecule has 4 heterocycles. The molecule has 1 saturated heterocycles. The number of pyridine rings is 1. The van der Waals surface area contributed by atoms with Gasteiger partial charge in [-0.2, -0.15) is 0 Å². The quantitative estimate of drug-likeness (QED) is 0.599. The molecule has 1 atom stereocenters. The minimum absolute atomic E-state index is 0.182. The fraction of sp³-hybridized carbons (Fsp3) is 0.250. The molecule has 2 aliphatic rings. The molecule has 33 heavy (non-hydrogen) atoms. The molecule has 0 spiro atoms. The normalized spacial score (nSPS) is 16.9. The number of benzene rings is 1. The number of aromatic nitrogens is 3. The van der Waals surface area contributed by atoms with Crippen LogP contribution in [0.5, 0.6) is 0 Å². The second-order valence-corrected chi connectivity index (χ2v) is 8.45. The highest BCUT2D eigenvalue weighted by molar-refractivity contribution is 6.31. The van der Waals surface area contributed by atoms with E-state index in [1.54, 1.807) is 29.3 Å². The number of halogens is 1. The molecular formula is C24H21ClN6O2. The standard InChI is InChI=1S/C24H21ClN6O2/c25-20-9-12-31(30-11-8-17-3-1-2-4-21(17)30)23(33)19(20)6-5-16-13-27-24(28-14-16)29-10-7-18(15-29)22(26)32/h1-4,9,12-14,18H,7-8,10-11,15H2,(H2,26,32)/t18-/m1/s1. The molecule has 166 valence electrons. The molecule has 0 aliphatic carbocycles. The third-order valence-corrected chi connectivity index (χ3v) is 6.30. The fourth-order valence-electron chi connectivity index (χ4n) is 4.21. The van der Waals surface area contributed by atoms with Gasteiger partial charge in [-0.25, -0.2) is 14.6 Å². The Hall–Kier alpha value is -3.83. The average Bonchev–Trinajstić information content (AvgIpc) is 3.48. The number of fused-ring (bicyclic) bond motifs is 1. The van der Waals surface area contributed by atoms with E-state index in [-0.39, 0.29) is 22.9 Å². The number of rotatable bonds is 3. The Morgan fingerprint density at radius 2 is 1.91 bits per heavy atom. The second kappa shape index (κ2) is 8.60. The Labute approximate surface area is 195 Å². The van der Waals surface area contributed by atoms with E-state index in [0.717, 1.165) is 12.1 Å². The van der Waals surface area contributed by atoms with Gasteiger partial charge < -0.3 is 10.6 Å². The Bertz CT molecular complexity index is 1340. The third kappa shape index (κ3) is 4.03. The zero-order valence-corrected chi connectivity index (χ0v) is 18.5. The lowest BCUT2D eigenvalue weighted by molar-refractivity contribution is -0.121. The number of primary amides is 1. The number of nitrogens with zero attached hydrogens (tertiary/aromatic N) is 5. The molecular weight excluding hydrogens is 440 g/mol. The summed E-state index contributed by atoms with van der Waals surface area (Å²) in [7, 11) is 0. The Balaban J connectivity index is 1.39. The molecule has 2 aliphatic heterocycles. The first-order valence-corrected chi connectivity index (χ1v) is 11.0. The predicted octanol–water partition coefficient (Wildman–Crippen LogP) is 1.83. The van der Waals surface area contributed by atoms with Crippen LogP contribution in [0.2, 0.25) is 5.02 Å².